The first-order valence-corrected chi connectivity index (χ1v) is 7.17. The van der Waals surface area contributed by atoms with Crippen LogP contribution >= 0.6 is 11.3 Å². The predicted molar refractivity (Wildman–Crippen MR) is 78.7 cm³/mol. The fourth-order valence-corrected chi connectivity index (χ4v) is 2.61. The van der Waals surface area contributed by atoms with Crippen molar-refractivity contribution in [3.63, 3.8) is 0 Å². The van der Waals surface area contributed by atoms with Crippen LogP contribution in [0, 0.1) is 0 Å². The van der Waals surface area contributed by atoms with E-state index in [4.69, 9.17) is 4.74 Å². The Morgan fingerprint density at radius 2 is 2.16 bits per heavy atom. The van der Waals surface area contributed by atoms with Crippen molar-refractivity contribution in [2.24, 2.45) is 0 Å². The lowest BCUT2D eigenvalue weighted by atomic mass is 10.1. The summed E-state index contributed by atoms with van der Waals surface area (Å²) >= 11 is 1.57. The Labute approximate surface area is 117 Å². The zero-order chi connectivity index (χ0) is 13.7. The number of benzene rings is 1. The van der Waals surface area contributed by atoms with E-state index in [1.165, 1.54) is 0 Å². The Bertz CT molecular complexity index is 499. The van der Waals surface area contributed by atoms with Crippen molar-refractivity contribution in [3.8, 4) is 5.75 Å². The molecule has 0 spiro atoms. The highest BCUT2D eigenvalue weighted by atomic mass is 32.1. The van der Waals surface area contributed by atoms with E-state index in [1.54, 1.807) is 18.4 Å². The van der Waals surface area contributed by atoms with Crippen molar-refractivity contribution in [1.29, 1.82) is 0 Å². The third-order valence-corrected chi connectivity index (χ3v) is 4.06. The molecule has 0 fully saturated rings. The molecule has 0 amide bonds. The fraction of sp³-hybridized carbons (Fsp3) is 0.333. The molecule has 0 saturated heterocycles. The molecule has 0 bridgehead atoms. The second kappa shape index (κ2) is 6.70. The van der Waals surface area contributed by atoms with E-state index >= 15 is 0 Å². The van der Waals surface area contributed by atoms with Gasteiger partial charge in [0.25, 0.3) is 0 Å². The molecular formula is C15H19NO2S. The number of ether oxygens (including phenoxy) is 1. The van der Waals surface area contributed by atoms with Crippen molar-refractivity contribution in [3.05, 3.63) is 52.2 Å². The molecule has 0 aliphatic rings. The van der Waals surface area contributed by atoms with Gasteiger partial charge in [0.05, 0.1) is 7.11 Å². The molecule has 2 rings (SSSR count). The van der Waals surface area contributed by atoms with Gasteiger partial charge in [0.1, 0.15) is 11.9 Å². The first-order valence-electron chi connectivity index (χ1n) is 6.29. The maximum absolute atomic E-state index is 10.0. The van der Waals surface area contributed by atoms with Crippen LogP contribution in [-0.4, -0.2) is 18.8 Å². The quantitative estimate of drug-likeness (QED) is 0.852. The molecule has 19 heavy (non-hydrogen) atoms. The second-order valence-electron chi connectivity index (χ2n) is 4.44. The zero-order valence-electron chi connectivity index (χ0n) is 11.2. The number of methoxy groups -OCH3 is 1. The minimum Gasteiger partial charge on any atom is -0.497 e. The highest BCUT2D eigenvalue weighted by Gasteiger charge is 2.11. The lowest BCUT2D eigenvalue weighted by molar-refractivity contribution is 0.174. The van der Waals surface area contributed by atoms with Crippen molar-refractivity contribution in [1.82, 2.24) is 5.32 Å². The molecule has 0 radical (unpaired) electrons. The monoisotopic (exact) mass is 277 g/mol. The molecule has 2 aromatic rings. The number of rotatable bonds is 6. The first-order chi connectivity index (χ1) is 9.20. The minimum atomic E-state index is -0.451. The average Bonchev–Trinajstić information content (AvgIpc) is 2.98. The average molecular weight is 277 g/mol. The molecule has 0 aliphatic carbocycles. The van der Waals surface area contributed by atoms with Crippen LogP contribution in [0.4, 0.5) is 0 Å². The van der Waals surface area contributed by atoms with Crippen LogP contribution in [0.25, 0.3) is 0 Å². The number of thiophene rings is 1. The molecule has 1 heterocycles. The van der Waals surface area contributed by atoms with Crippen molar-refractivity contribution in [2.75, 3.05) is 13.7 Å². The van der Waals surface area contributed by atoms with Crippen LogP contribution in [0.2, 0.25) is 0 Å². The molecule has 2 N–H and O–H groups in total. The van der Waals surface area contributed by atoms with Gasteiger partial charge in [-0.1, -0.05) is 18.2 Å². The summed E-state index contributed by atoms with van der Waals surface area (Å²) in [5, 5.41) is 15.3. The first kappa shape index (κ1) is 14.1. The number of aliphatic hydroxyl groups is 1. The largest absolute Gasteiger partial charge is 0.497 e. The van der Waals surface area contributed by atoms with Crippen molar-refractivity contribution >= 4 is 11.3 Å². The molecular weight excluding hydrogens is 258 g/mol. The van der Waals surface area contributed by atoms with Crippen LogP contribution in [0.5, 0.6) is 5.75 Å². The minimum absolute atomic E-state index is 0.171. The lowest BCUT2D eigenvalue weighted by Gasteiger charge is -2.17. The van der Waals surface area contributed by atoms with Gasteiger partial charge in [0.2, 0.25) is 0 Å². The van der Waals surface area contributed by atoms with Gasteiger partial charge in [-0.05, 0) is 36.1 Å². The molecule has 1 aromatic heterocycles. The van der Waals surface area contributed by atoms with E-state index < -0.39 is 6.10 Å². The van der Waals surface area contributed by atoms with Gasteiger partial charge in [0, 0.05) is 17.5 Å². The Balaban J connectivity index is 1.91. The van der Waals surface area contributed by atoms with Gasteiger partial charge < -0.3 is 15.2 Å². The van der Waals surface area contributed by atoms with E-state index in [0.29, 0.717) is 6.54 Å². The molecule has 4 heteroatoms. The Morgan fingerprint density at radius 1 is 1.32 bits per heavy atom. The molecule has 102 valence electrons. The summed E-state index contributed by atoms with van der Waals surface area (Å²) in [5.41, 5.74) is 1.15. The summed E-state index contributed by atoms with van der Waals surface area (Å²) in [5.74, 6) is 0.852. The topological polar surface area (TPSA) is 41.5 Å². The maximum Gasteiger partial charge on any atom is 0.119 e. The normalized spacial score (nSPS) is 14.1. The predicted octanol–water partition coefficient (Wildman–Crippen LogP) is 3.14. The van der Waals surface area contributed by atoms with E-state index in [1.807, 2.05) is 35.7 Å². The van der Waals surface area contributed by atoms with Crippen LogP contribution in [-0.2, 0) is 0 Å². The summed E-state index contributed by atoms with van der Waals surface area (Å²) in [4.78, 5) is 0.991. The summed E-state index contributed by atoms with van der Waals surface area (Å²) in [6.07, 6.45) is -0.451. The standard InChI is InChI=1S/C15H19NO2S/c1-11(12-5-3-6-13(9-12)18-2)16-10-14(17)15-7-4-8-19-15/h3-9,11,14,16-17H,10H2,1-2H3/t11-,14?/m1/s1. The highest BCUT2D eigenvalue weighted by molar-refractivity contribution is 7.10. The Kier molecular flexibility index (Phi) is 4.96. The second-order valence-corrected chi connectivity index (χ2v) is 5.42. The summed E-state index contributed by atoms with van der Waals surface area (Å²) < 4.78 is 5.21. The van der Waals surface area contributed by atoms with Gasteiger partial charge in [-0.25, -0.2) is 0 Å². The van der Waals surface area contributed by atoms with Gasteiger partial charge >= 0.3 is 0 Å². The van der Waals surface area contributed by atoms with E-state index in [0.717, 1.165) is 16.2 Å². The highest BCUT2D eigenvalue weighted by Crippen LogP contribution is 2.21. The summed E-state index contributed by atoms with van der Waals surface area (Å²) in [6.45, 7) is 2.62. The van der Waals surface area contributed by atoms with Crippen LogP contribution in [0.1, 0.15) is 29.5 Å². The van der Waals surface area contributed by atoms with E-state index in [9.17, 15) is 5.11 Å². The number of nitrogens with one attached hydrogen (secondary N) is 1. The zero-order valence-corrected chi connectivity index (χ0v) is 12.0. The van der Waals surface area contributed by atoms with Crippen molar-refractivity contribution in [2.45, 2.75) is 19.1 Å². The van der Waals surface area contributed by atoms with Crippen LogP contribution < -0.4 is 10.1 Å². The molecule has 0 saturated carbocycles. The van der Waals surface area contributed by atoms with Crippen molar-refractivity contribution < 1.29 is 9.84 Å². The third kappa shape index (κ3) is 3.80. The Morgan fingerprint density at radius 3 is 2.84 bits per heavy atom. The maximum atomic E-state index is 10.0. The van der Waals surface area contributed by atoms with Crippen LogP contribution in [0.15, 0.2) is 41.8 Å². The number of hydrogen-bond acceptors (Lipinski definition) is 4. The van der Waals surface area contributed by atoms with Crippen LogP contribution in [0.3, 0.4) is 0 Å². The molecule has 1 unspecified atom stereocenters. The lowest BCUT2D eigenvalue weighted by Crippen LogP contribution is -2.24. The molecule has 3 nitrogen and oxygen atoms in total. The smallest absolute Gasteiger partial charge is 0.119 e. The van der Waals surface area contributed by atoms with Gasteiger partial charge in [-0.3, -0.25) is 0 Å². The summed E-state index contributed by atoms with van der Waals surface area (Å²) in [6, 6.07) is 12.0. The van der Waals surface area contributed by atoms with Gasteiger partial charge in [0.15, 0.2) is 0 Å². The van der Waals surface area contributed by atoms with E-state index in [-0.39, 0.29) is 6.04 Å². The summed E-state index contributed by atoms with van der Waals surface area (Å²) in [7, 11) is 1.66. The molecule has 0 aliphatic heterocycles. The fourth-order valence-electron chi connectivity index (χ4n) is 1.90. The SMILES string of the molecule is COc1cccc([C@@H](C)NCC(O)c2cccs2)c1. The third-order valence-electron chi connectivity index (χ3n) is 3.08. The molecule has 1 aromatic carbocycles. The number of hydrogen-bond donors (Lipinski definition) is 2. The molecule has 2 atom stereocenters. The Hall–Kier alpha value is -1.36. The van der Waals surface area contributed by atoms with Gasteiger partial charge in [-0.15, -0.1) is 11.3 Å². The van der Waals surface area contributed by atoms with E-state index in [2.05, 4.69) is 18.3 Å². The number of aliphatic hydroxyl groups excluding tert-OH is 1. The van der Waals surface area contributed by atoms with Gasteiger partial charge in [-0.2, -0.15) is 0 Å².